The molecular weight excluding hydrogens is 425 g/mol. The first-order chi connectivity index (χ1) is 15.9. The quantitative estimate of drug-likeness (QED) is 0.433. The largest absolute Gasteiger partial charge is 0.310 e. The molecule has 0 aliphatic heterocycles. The molecule has 1 amide bonds. The number of nitrogens with one attached hydrogen (secondary N) is 1. The second kappa shape index (κ2) is 9.43. The van der Waals surface area contributed by atoms with Crippen molar-refractivity contribution >= 4 is 17.5 Å². The lowest BCUT2D eigenvalue weighted by molar-refractivity contribution is 0.0979. The molecule has 0 aliphatic carbocycles. The van der Waals surface area contributed by atoms with Crippen molar-refractivity contribution in [1.82, 2.24) is 29.7 Å². The highest BCUT2D eigenvalue weighted by Gasteiger charge is 2.17. The summed E-state index contributed by atoms with van der Waals surface area (Å²) in [5.41, 5.74) is 0.777. The Labute approximate surface area is 188 Å². The molecule has 0 unspecified atom stereocenters. The number of pyridine rings is 1. The van der Waals surface area contributed by atoms with Crippen molar-refractivity contribution < 1.29 is 14.0 Å². The van der Waals surface area contributed by atoms with Crippen LogP contribution in [0.15, 0.2) is 61.2 Å². The maximum atomic E-state index is 14.4. The van der Waals surface area contributed by atoms with Gasteiger partial charge in [0, 0.05) is 24.9 Å². The Hall–Kier alpha value is -4.34. The van der Waals surface area contributed by atoms with Crippen LogP contribution in [0.25, 0.3) is 11.5 Å². The van der Waals surface area contributed by atoms with Gasteiger partial charge in [0.15, 0.2) is 11.6 Å². The minimum absolute atomic E-state index is 0.0584. The third-order valence-corrected chi connectivity index (χ3v) is 4.80. The van der Waals surface area contributed by atoms with Crippen molar-refractivity contribution in [3.8, 4) is 11.5 Å². The highest BCUT2D eigenvalue weighted by atomic mass is 19.1. The second-order valence-corrected chi connectivity index (χ2v) is 7.50. The van der Waals surface area contributed by atoms with Crippen LogP contribution < -0.4 is 5.32 Å². The molecule has 0 spiro atoms. The SMILES string of the molecule is CC(C)n1cnnc1-c1cccc(NC(=O)c2cc(CC(=O)c3ncccn3)ccc2F)n1. The number of aromatic nitrogens is 6. The van der Waals surface area contributed by atoms with Crippen molar-refractivity contribution in [1.29, 1.82) is 0 Å². The van der Waals surface area contributed by atoms with E-state index in [-0.39, 0.29) is 35.5 Å². The standard InChI is InChI=1S/C23H20FN7O2/c1-14(2)31-13-27-30-22(31)18-5-3-6-20(28-18)29-23(33)16-11-15(7-8-17(16)24)12-19(32)21-25-9-4-10-26-21/h3-11,13-14H,12H2,1-2H3,(H,28,29,33). The topological polar surface area (TPSA) is 116 Å². The first kappa shape index (κ1) is 21.9. The van der Waals surface area contributed by atoms with E-state index in [1.54, 1.807) is 30.6 Å². The van der Waals surface area contributed by atoms with E-state index >= 15 is 0 Å². The van der Waals surface area contributed by atoms with Gasteiger partial charge in [0.2, 0.25) is 5.78 Å². The fourth-order valence-electron chi connectivity index (χ4n) is 3.18. The number of nitrogens with zero attached hydrogens (tertiary/aromatic N) is 6. The van der Waals surface area contributed by atoms with Crippen LogP contribution >= 0.6 is 0 Å². The second-order valence-electron chi connectivity index (χ2n) is 7.50. The summed E-state index contributed by atoms with van der Waals surface area (Å²) in [5.74, 6) is -0.895. The van der Waals surface area contributed by atoms with E-state index in [4.69, 9.17) is 0 Å². The summed E-state index contributed by atoms with van der Waals surface area (Å²) in [6.45, 7) is 3.98. The van der Waals surface area contributed by atoms with Crippen LogP contribution in [0.2, 0.25) is 0 Å². The fourth-order valence-corrected chi connectivity index (χ4v) is 3.18. The molecule has 0 fully saturated rings. The molecule has 0 radical (unpaired) electrons. The molecule has 1 aromatic carbocycles. The monoisotopic (exact) mass is 445 g/mol. The molecule has 10 heteroatoms. The third-order valence-electron chi connectivity index (χ3n) is 4.80. The van der Waals surface area contributed by atoms with Crippen molar-refractivity contribution in [2.24, 2.45) is 0 Å². The lowest BCUT2D eigenvalue weighted by Gasteiger charge is -2.11. The number of amides is 1. The van der Waals surface area contributed by atoms with Gasteiger partial charge >= 0.3 is 0 Å². The Bertz CT molecular complexity index is 1310. The summed E-state index contributed by atoms with van der Waals surface area (Å²) in [6, 6.07) is 10.7. The molecule has 1 N–H and O–H groups in total. The maximum Gasteiger partial charge on any atom is 0.259 e. The molecular formula is C23H20FN7O2. The smallest absolute Gasteiger partial charge is 0.259 e. The molecule has 0 bridgehead atoms. The van der Waals surface area contributed by atoms with Crippen LogP contribution in [0, 0.1) is 5.82 Å². The molecule has 33 heavy (non-hydrogen) atoms. The summed E-state index contributed by atoms with van der Waals surface area (Å²) < 4.78 is 16.3. The van der Waals surface area contributed by atoms with Gasteiger partial charge in [-0.2, -0.15) is 0 Å². The van der Waals surface area contributed by atoms with E-state index in [9.17, 15) is 14.0 Å². The Balaban J connectivity index is 1.54. The number of hydrogen-bond donors (Lipinski definition) is 1. The molecule has 0 aliphatic rings. The highest BCUT2D eigenvalue weighted by Crippen LogP contribution is 2.20. The Morgan fingerprint density at radius 2 is 1.88 bits per heavy atom. The number of ketones is 1. The van der Waals surface area contributed by atoms with Gasteiger partial charge in [-0.05, 0) is 49.7 Å². The number of hydrogen-bond acceptors (Lipinski definition) is 7. The summed E-state index contributed by atoms with van der Waals surface area (Å²) >= 11 is 0. The van der Waals surface area contributed by atoms with E-state index < -0.39 is 11.7 Å². The number of carbonyl (C=O) groups excluding carboxylic acids is 2. The predicted molar refractivity (Wildman–Crippen MR) is 118 cm³/mol. The summed E-state index contributed by atoms with van der Waals surface area (Å²) in [5, 5.41) is 10.6. The minimum atomic E-state index is -0.713. The zero-order valence-electron chi connectivity index (χ0n) is 17.9. The maximum absolute atomic E-state index is 14.4. The lowest BCUT2D eigenvalue weighted by atomic mass is 10.0. The summed E-state index contributed by atoms with van der Waals surface area (Å²) in [4.78, 5) is 37.4. The first-order valence-corrected chi connectivity index (χ1v) is 10.2. The molecule has 3 aromatic heterocycles. The molecule has 9 nitrogen and oxygen atoms in total. The number of anilines is 1. The molecule has 4 rings (SSSR count). The van der Waals surface area contributed by atoms with Gasteiger partial charge < -0.3 is 9.88 Å². The Morgan fingerprint density at radius 3 is 2.64 bits per heavy atom. The van der Waals surface area contributed by atoms with Crippen LogP contribution in [0.3, 0.4) is 0 Å². The van der Waals surface area contributed by atoms with Crippen molar-refractivity contribution in [2.75, 3.05) is 5.32 Å². The number of rotatable bonds is 7. The van der Waals surface area contributed by atoms with Crippen LogP contribution in [0.4, 0.5) is 10.2 Å². The molecule has 0 saturated heterocycles. The number of Topliss-reactive ketones (excluding diaryl/α,β-unsaturated/α-hetero) is 1. The average molecular weight is 445 g/mol. The Kier molecular flexibility index (Phi) is 6.25. The van der Waals surface area contributed by atoms with Gasteiger partial charge in [-0.3, -0.25) is 9.59 Å². The van der Waals surface area contributed by atoms with Crippen molar-refractivity contribution in [2.45, 2.75) is 26.3 Å². The summed E-state index contributed by atoms with van der Waals surface area (Å²) in [6.07, 6.45) is 4.47. The van der Waals surface area contributed by atoms with Gasteiger partial charge in [-0.15, -0.1) is 10.2 Å². The number of halogens is 1. The van der Waals surface area contributed by atoms with Gasteiger partial charge in [0.05, 0.1) is 5.56 Å². The van der Waals surface area contributed by atoms with Crippen LogP contribution in [0.5, 0.6) is 0 Å². The predicted octanol–water partition coefficient (Wildman–Crippen LogP) is 3.53. The van der Waals surface area contributed by atoms with Crippen LogP contribution in [0.1, 0.15) is 46.4 Å². The lowest BCUT2D eigenvalue weighted by Crippen LogP contribution is -2.16. The summed E-state index contributed by atoms with van der Waals surface area (Å²) in [7, 11) is 0. The highest BCUT2D eigenvalue weighted by molar-refractivity contribution is 6.04. The van der Waals surface area contributed by atoms with Gasteiger partial charge in [0.1, 0.15) is 23.7 Å². The minimum Gasteiger partial charge on any atom is -0.310 e. The van der Waals surface area contributed by atoms with Gasteiger partial charge in [0.25, 0.3) is 5.91 Å². The van der Waals surface area contributed by atoms with E-state index in [2.05, 4.69) is 30.5 Å². The van der Waals surface area contributed by atoms with Crippen LogP contribution in [-0.4, -0.2) is 41.4 Å². The molecule has 3 heterocycles. The van der Waals surface area contributed by atoms with E-state index in [0.29, 0.717) is 17.1 Å². The first-order valence-electron chi connectivity index (χ1n) is 10.2. The third kappa shape index (κ3) is 4.95. The average Bonchev–Trinajstić information content (AvgIpc) is 3.31. The van der Waals surface area contributed by atoms with Gasteiger partial charge in [-0.25, -0.2) is 19.3 Å². The van der Waals surface area contributed by atoms with Crippen molar-refractivity contribution in [3.63, 3.8) is 0 Å². The van der Waals surface area contributed by atoms with E-state index in [1.807, 2.05) is 18.4 Å². The number of benzene rings is 1. The van der Waals surface area contributed by atoms with Crippen molar-refractivity contribution in [3.05, 3.63) is 84.0 Å². The van der Waals surface area contributed by atoms with Crippen LogP contribution in [-0.2, 0) is 6.42 Å². The molecule has 0 saturated carbocycles. The van der Waals surface area contributed by atoms with Gasteiger partial charge in [-0.1, -0.05) is 12.1 Å². The van der Waals surface area contributed by atoms with E-state index in [1.165, 1.54) is 24.5 Å². The zero-order valence-corrected chi connectivity index (χ0v) is 17.9. The molecule has 166 valence electrons. The molecule has 0 atom stereocenters. The van der Waals surface area contributed by atoms with E-state index in [0.717, 1.165) is 6.07 Å². The Morgan fingerprint density at radius 1 is 1.09 bits per heavy atom. The number of carbonyl (C=O) groups is 2. The normalized spacial score (nSPS) is 10.9. The zero-order chi connectivity index (χ0) is 23.4. The fraction of sp³-hybridized carbons (Fsp3) is 0.174. The molecule has 4 aromatic rings.